The Morgan fingerprint density at radius 2 is 2.23 bits per heavy atom. The van der Waals surface area contributed by atoms with E-state index in [4.69, 9.17) is 4.42 Å². The fourth-order valence-corrected chi connectivity index (χ4v) is 2.35. The van der Waals surface area contributed by atoms with Crippen LogP contribution in [0.15, 0.2) is 45.9 Å². The molecule has 8 heteroatoms. The molecule has 2 unspecified atom stereocenters. The zero-order valence-corrected chi connectivity index (χ0v) is 12.5. The van der Waals surface area contributed by atoms with Crippen LogP contribution in [0.2, 0.25) is 0 Å². The van der Waals surface area contributed by atoms with Crippen molar-refractivity contribution in [3.63, 3.8) is 0 Å². The van der Waals surface area contributed by atoms with Crippen molar-refractivity contribution in [1.82, 2.24) is 5.32 Å². The number of benzene rings is 1. The van der Waals surface area contributed by atoms with Gasteiger partial charge in [0.05, 0.1) is 28.5 Å². The molecule has 22 heavy (non-hydrogen) atoms. The quantitative estimate of drug-likeness (QED) is 0.784. The maximum atomic E-state index is 13.6. The number of aliphatic hydroxyl groups excluding tert-OH is 1. The highest BCUT2D eigenvalue weighted by Crippen LogP contribution is 2.17. The van der Waals surface area contributed by atoms with Crippen molar-refractivity contribution < 1.29 is 22.9 Å². The number of amides is 2. The second-order valence-electron chi connectivity index (χ2n) is 4.47. The fourth-order valence-electron chi connectivity index (χ4n) is 1.76. The van der Waals surface area contributed by atoms with Crippen LogP contribution in [0.4, 0.5) is 14.9 Å². The van der Waals surface area contributed by atoms with Crippen molar-refractivity contribution in [2.45, 2.75) is 11.0 Å². The van der Waals surface area contributed by atoms with Gasteiger partial charge in [-0.1, -0.05) is 0 Å². The van der Waals surface area contributed by atoms with E-state index >= 15 is 0 Å². The maximum absolute atomic E-state index is 13.6. The van der Waals surface area contributed by atoms with Crippen LogP contribution in [0.25, 0.3) is 0 Å². The lowest BCUT2D eigenvalue weighted by atomic mass is 10.3. The largest absolute Gasteiger partial charge is 0.467 e. The van der Waals surface area contributed by atoms with Gasteiger partial charge < -0.3 is 20.2 Å². The molecule has 2 rings (SSSR count). The molecule has 0 spiro atoms. The van der Waals surface area contributed by atoms with Crippen LogP contribution in [0, 0.1) is 5.82 Å². The van der Waals surface area contributed by atoms with Crippen molar-refractivity contribution in [3.8, 4) is 0 Å². The number of nitrogens with one attached hydrogen (secondary N) is 2. The van der Waals surface area contributed by atoms with Gasteiger partial charge in [0.2, 0.25) is 0 Å². The molecule has 2 atom stereocenters. The first kappa shape index (κ1) is 16.2. The van der Waals surface area contributed by atoms with Crippen LogP contribution in [-0.2, 0) is 10.8 Å². The number of halogens is 1. The summed E-state index contributed by atoms with van der Waals surface area (Å²) in [6.07, 6.45) is 1.82. The number of rotatable bonds is 5. The smallest absolute Gasteiger partial charge is 0.319 e. The molecule has 0 aliphatic rings. The van der Waals surface area contributed by atoms with Crippen molar-refractivity contribution in [1.29, 1.82) is 0 Å². The van der Waals surface area contributed by atoms with Crippen molar-refractivity contribution in [2.24, 2.45) is 0 Å². The molecular weight excluding hydrogens is 311 g/mol. The zero-order chi connectivity index (χ0) is 16.1. The van der Waals surface area contributed by atoms with Gasteiger partial charge >= 0.3 is 6.03 Å². The Bertz CT molecular complexity index is 675. The van der Waals surface area contributed by atoms with Gasteiger partial charge in [-0.05, 0) is 30.3 Å². The van der Waals surface area contributed by atoms with Crippen LogP contribution >= 0.6 is 0 Å². The minimum absolute atomic E-state index is 0.0567. The molecule has 1 heterocycles. The zero-order valence-electron chi connectivity index (χ0n) is 11.7. The minimum Gasteiger partial charge on any atom is -0.467 e. The number of furan rings is 1. The summed E-state index contributed by atoms with van der Waals surface area (Å²) in [7, 11) is -1.44. The van der Waals surface area contributed by atoms with Crippen LogP contribution < -0.4 is 10.6 Å². The molecule has 0 saturated carbocycles. The third kappa shape index (κ3) is 4.15. The number of carbonyl (C=O) groups is 1. The highest BCUT2D eigenvalue weighted by molar-refractivity contribution is 7.84. The van der Waals surface area contributed by atoms with E-state index in [1.165, 1.54) is 24.7 Å². The molecule has 2 amide bonds. The molecule has 1 aromatic carbocycles. The first-order chi connectivity index (χ1) is 10.5. The molecule has 0 aliphatic heterocycles. The van der Waals surface area contributed by atoms with E-state index in [0.717, 1.165) is 6.07 Å². The van der Waals surface area contributed by atoms with Gasteiger partial charge in [-0.15, -0.1) is 0 Å². The average molecular weight is 326 g/mol. The molecule has 0 saturated heterocycles. The van der Waals surface area contributed by atoms with Gasteiger partial charge in [0.25, 0.3) is 0 Å². The highest BCUT2D eigenvalue weighted by atomic mass is 32.2. The topological polar surface area (TPSA) is 91.6 Å². The molecule has 2 aromatic rings. The Kier molecular flexibility index (Phi) is 5.29. The lowest BCUT2D eigenvalue weighted by Gasteiger charge is -2.11. The standard InChI is InChI=1S/C14H15FN2O4S/c1-22(20)13-5-4-9(7-10(13)15)17-14(19)16-8-11(18)12-3-2-6-21-12/h2-7,11,18H,8H2,1H3,(H2,16,17,19). The van der Waals surface area contributed by atoms with Gasteiger partial charge in [-0.3, -0.25) is 4.21 Å². The Labute approximate surface area is 128 Å². The molecule has 0 radical (unpaired) electrons. The van der Waals surface area contributed by atoms with Gasteiger partial charge in [-0.2, -0.15) is 0 Å². The lowest BCUT2D eigenvalue weighted by molar-refractivity contribution is 0.149. The second kappa shape index (κ2) is 7.19. The molecule has 6 nitrogen and oxygen atoms in total. The van der Waals surface area contributed by atoms with Crippen LogP contribution in [0.1, 0.15) is 11.9 Å². The van der Waals surface area contributed by atoms with Crippen LogP contribution in [0.5, 0.6) is 0 Å². The third-order valence-corrected chi connectivity index (χ3v) is 3.78. The Morgan fingerprint density at radius 1 is 1.45 bits per heavy atom. The molecular formula is C14H15FN2O4S. The highest BCUT2D eigenvalue weighted by Gasteiger charge is 2.13. The summed E-state index contributed by atoms with van der Waals surface area (Å²) in [5.41, 5.74) is 0.219. The van der Waals surface area contributed by atoms with Crippen molar-refractivity contribution in [3.05, 3.63) is 48.2 Å². The second-order valence-corrected chi connectivity index (χ2v) is 5.81. The summed E-state index contributed by atoms with van der Waals surface area (Å²) in [6.45, 7) is -0.0567. The monoisotopic (exact) mass is 326 g/mol. The Balaban J connectivity index is 1.89. The van der Waals surface area contributed by atoms with E-state index in [1.807, 2.05) is 0 Å². The predicted octanol–water partition coefficient (Wildman–Crippen LogP) is 2.01. The third-order valence-electron chi connectivity index (χ3n) is 2.83. The number of hydrogen-bond donors (Lipinski definition) is 3. The SMILES string of the molecule is CS(=O)c1ccc(NC(=O)NCC(O)c2ccco2)cc1F. The van der Waals surface area contributed by atoms with Crippen molar-refractivity contribution >= 4 is 22.5 Å². The molecule has 1 aromatic heterocycles. The number of carbonyl (C=O) groups excluding carboxylic acids is 1. The average Bonchev–Trinajstić information content (AvgIpc) is 2.98. The summed E-state index contributed by atoms with van der Waals surface area (Å²) in [5, 5.41) is 14.6. The molecule has 0 fully saturated rings. The van der Waals surface area contributed by atoms with Gasteiger partial charge in [0.1, 0.15) is 17.7 Å². The van der Waals surface area contributed by atoms with Gasteiger partial charge in [0, 0.05) is 11.9 Å². The van der Waals surface area contributed by atoms with Crippen molar-refractivity contribution in [2.75, 3.05) is 18.1 Å². The summed E-state index contributed by atoms with van der Waals surface area (Å²) in [5.74, 6) is -0.324. The summed E-state index contributed by atoms with van der Waals surface area (Å²) < 4.78 is 29.9. The molecule has 3 N–H and O–H groups in total. The predicted molar refractivity (Wildman–Crippen MR) is 79.4 cm³/mol. The summed E-state index contributed by atoms with van der Waals surface area (Å²) in [4.78, 5) is 11.7. The fraction of sp³-hybridized carbons (Fsp3) is 0.214. The number of aliphatic hydroxyl groups is 1. The Hall–Kier alpha value is -2.19. The number of hydrogen-bond acceptors (Lipinski definition) is 4. The Morgan fingerprint density at radius 3 is 2.82 bits per heavy atom. The molecule has 118 valence electrons. The first-order valence-electron chi connectivity index (χ1n) is 6.36. The molecule has 0 aliphatic carbocycles. The minimum atomic E-state index is -1.44. The van der Waals surface area contributed by atoms with E-state index in [2.05, 4.69) is 10.6 Å². The van der Waals surface area contributed by atoms with E-state index < -0.39 is 28.8 Å². The van der Waals surface area contributed by atoms with Crippen LogP contribution in [0.3, 0.4) is 0 Å². The van der Waals surface area contributed by atoms with E-state index in [9.17, 15) is 18.5 Å². The number of urea groups is 1. The van der Waals surface area contributed by atoms with E-state index in [1.54, 1.807) is 12.1 Å². The number of anilines is 1. The van der Waals surface area contributed by atoms with E-state index in [0.29, 0.717) is 5.76 Å². The maximum Gasteiger partial charge on any atom is 0.319 e. The van der Waals surface area contributed by atoms with Gasteiger partial charge in [-0.25, -0.2) is 9.18 Å². The summed E-state index contributed by atoms with van der Waals surface area (Å²) >= 11 is 0. The summed E-state index contributed by atoms with van der Waals surface area (Å²) in [6, 6.07) is 6.49. The normalized spacial score (nSPS) is 13.4. The molecule has 0 bridgehead atoms. The van der Waals surface area contributed by atoms with E-state index in [-0.39, 0.29) is 17.1 Å². The lowest BCUT2D eigenvalue weighted by Crippen LogP contribution is -2.32. The van der Waals surface area contributed by atoms with Crippen LogP contribution in [-0.4, -0.2) is 28.1 Å². The first-order valence-corrected chi connectivity index (χ1v) is 7.92. The van der Waals surface area contributed by atoms with Gasteiger partial charge in [0.15, 0.2) is 0 Å².